The molecular weight excluding hydrogens is 215 g/mol. The molecule has 16 heavy (non-hydrogen) atoms. The zero-order valence-corrected chi connectivity index (χ0v) is 8.62. The summed E-state index contributed by atoms with van der Waals surface area (Å²) in [6.45, 7) is -0.351. The van der Waals surface area contributed by atoms with Crippen molar-refractivity contribution in [3.05, 3.63) is 29.6 Å². The Bertz CT molecular complexity index is 421. The molecular formula is C10H11FN2O3. The van der Waals surface area contributed by atoms with Crippen LogP contribution in [0.4, 0.5) is 4.39 Å². The molecule has 0 aromatic heterocycles. The Labute approximate surface area is 91.4 Å². The summed E-state index contributed by atoms with van der Waals surface area (Å²) in [4.78, 5) is 22.0. The van der Waals surface area contributed by atoms with Crippen LogP contribution in [0.5, 0.6) is 5.75 Å². The molecule has 1 aromatic carbocycles. The third kappa shape index (κ3) is 2.69. The highest BCUT2D eigenvalue weighted by Gasteiger charge is 2.17. The molecule has 0 bridgehead atoms. The minimum atomic E-state index is -0.742. The van der Waals surface area contributed by atoms with E-state index in [1.165, 1.54) is 19.2 Å². The van der Waals surface area contributed by atoms with Crippen LogP contribution in [-0.4, -0.2) is 25.5 Å². The third-order valence-corrected chi connectivity index (χ3v) is 1.85. The summed E-state index contributed by atoms with van der Waals surface area (Å²) in [6.07, 6.45) is 0. The van der Waals surface area contributed by atoms with E-state index in [-0.39, 0.29) is 17.9 Å². The van der Waals surface area contributed by atoms with Gasteiger partial charge in [0.1, 0.15) is 17.1 Å². The molecule has 1 aromatic rings. The number of primary amides is 1. The molecule has 0 radical (unpaired) electrons. The molecule has 1 rings (SSSR count). The Morgan fingerprint density at radius 3 is 2.75 bits per heavy atom. The predicted octanol–water partition coefficient (Wildman–Crippen LogP) is 0.0494. The van der Waals surface area contributed by atoms with Crippen molar-refractivity contribution in [1.29, 1.82) is 0 Å². The van der Waals surface area contributed by atoms with Gasteiger partial charge in [-0.2, -0.15) is 0 Å². The summed E-state index contributed by atoms with van der Waals surface area (Å²) in [6, 6.07) is 3.99. The number of amides is 2. The fourth-order valence-electron chi connectivity index (χ4n) is 1.15. The van der Waals surface area contributed by atoms with Crippen LogP contribution in [0.2, 0.25) is 0 Å². The average Bonchev–Trinajstić information content (AvgIpc) is 2.25. The molecule has 0 unspecified atom stereocenters. The van der Waals surface area contributed by atoms with Gasteiger partial charge in [0.2, 0.25) is 5.91 Å². The van der Waals surface area contributed by atoms with Crippen molar-refractivity contribution in [3.8, 4) is 5.75 Å². The Hall–Kier alpha value is -2.11. The van der Waals surface area contributed by atoms with Gasteiger partial charge in [0.15, 0.2) is 0 Å². The van der Waals surface area contributed by atoms with Gasteiger partial charge >= 0.3 is 0 Å². The first-order valence-electron chi connectivity index (χ1n) is 4.45. The van der Waals surface area contributed by atoms with Gasteiger partial charge in [0.25, 0.3) is 5.91 Å². The molecule has 0 saturated heterocycles. The fourth-order valence-corrected chi connectivity index (χ4v) is 1.15. The summed E-state index contributed by atoms with van der Waals surface area (Å²) in [7, 11) is 1.32. The molecule has 0 aliphatic heterocycles. The number of hydrogen-bond acceptors (Lipinski definition) is 3. The first-order valence-corrected chi connectivity index (χ1v) is 4.45. The van der Waals surface area contributed by atoms with Crippen molar-refractivity contribution in [3.63, 3.8) is 0 Å². The zero-order valence-electron chi connectivity index (χ0n) is 8.62. The molecule has 0 saturated carbocycles. The quantitative estimate of drug-likeness (QED) is 0.761. The van der Waals surface area contributed by atoms with Gasteiger partial charge in [-0.15, -0.1) is 0 Å². The number of hydrogen-bond donors (Lipinski definition) is 2. The van der Waals surface area contributed by atoms with E-state index in [0.717, 1.165) is 6.07 Å². The summed E-state index contributed by atoms with van der Waals surface area (Å²) in [5.41, 5.74) is 4.60. The number of nitrogens with one attached hydrogen (secondary N) is 1. The van der Waals surface area contributed by atoms with Gasteiger partial charge in [-0.25, -0.2) is 4.39 Å². The lowest BCUT2D eigenvalue weighted by Gasteiger charge is -2.08. The second-order valence-electron chi connectivity index (χ2n) is 2.97. The SMILES string of the molecule is COc1cccc(F)c1C(=O)NCC(N)=O. The highest BCUT2D eigenvalue weighted by atomic mass is 19.1. The first kappa shape index (κ1) is 12.0. The van der Waals surface area contributed by atoms with E-state index in [2.05, 4.69) is 5.32 Å². The normalized spacial score (nSPS) is 9.62. The first-order chi connectivity index (χ1) is 7.56. The molecule has 0 aliphatic rings. The Morgan fingerprint density at radius 2 is 2.19 bits per heavy atom. The maximum Gasteiger partial charge on any atom is 0.258 e. The Kier molecular flexibility index (Phi) is 3.82. The van der Waals surface area contributed by atoms with E-state index in [0.29, 0.717) is 0 Å². The number of carbonyl (C=O) groups is 2. The highest BCUT2D eigenvalue weighted by Crippen LogP contribution is 2.20. The second-order valence-corrected chi connectivity index (χ2v) is 2.97. The molecule has 0 heterocycles. The highest BCUT2D eigenvalue weighted by molar-refractivity contribution is 5.98. The smallest absolute Gasteiger partial charge is 0.258 e. The Balaban J connectivity index is 2.93. The van der Waals surface area contributed by atoms with Crippen LogP contribution < -0.4 is 15.8 Å². The van der Waals surface area contributed by atoms with Gasteiger partial charge < -0.3 is 15.8 Å². The van der Waals surface area contributed by atoms with Crippen LogP contribution in [0.15, 0.2) is 18.2 Å². The standard InChI is InChI=1S/C10H11FN2O3/c1-16-7-4-2-3-6(11)9(7)10(15)13-5-8(12)14/h2-4H,5H2,1H3,(H2,12,14)(H,13,15). The number of nitrogens with two attached hydrogens (primary N) is 1. The van der Waals surface area contributed by atoms with Gasteiger partial charge in [-0.3, -0.25) is 9.59 Å². The minimum Gasteiger partial charge on any atom is -0.496 e. The fraction of sp³-hybridized carbons (Fsp3) is 0.200. The number of halogens is 1. The minimum absolute atomic E-state index is 0.0990. The number of benzene rings is 1. The molecule has 3 N–H and O–H groups in total. The monoisotopic (exact) mass is 226 g/mol. The van der Waals surface area contributed by atoms with E-state index in [9.17, 15) is 14.0 Å². The van der Waals surface area contributed by atoms with E-state index in [4.69, 9.17) is 10.5 Å². The molecule has 86 valence electrons. The van der Waals surface area contributed by atoms with Crippen LogP contribution in [0.3, 0.4) is 0 Å². The number of rotatable bonds is 4. The van der Waals surface area contributed by atoms with Crippen LogP contribution >= 0.6 is 0 Å². The second kappa shape index (κ2) is 5.11. The van der Waals surface area contributed by atoms with Crippen LogP contribution in [-0.2, 0) is 4.79 Å². The largest absolute Gasteiger partial charge is 0.496 e. The summed E-state index contributed by atoms with van der Waals surface area (Å²) in [5, 5.41) is 2.18. The van der Waals surface area contributed by atoms with Crippen molar-refractivity contribution in [2.45, 2.75) is 0 Å². The van der Waals surface area contributed by atoms with Crippen molar-refractivity contribution in [1.82, 2.24) is 5.32 Å². The summed E-state index contributed by atoms with van der Waals surface area (Å²) >= 11 is 0. The van der Waals surface area contributed by atoms with Crippen LogP contribution in [0.1, 0.15) is 10.4 Å². The number of carbonyl (C=O) groups excluding carboxylic acids is 2. The van der Waals surface area contributed by atoms with E-state index in [1.807, 2.05) is 0 Å². The van der Waals surface area contributed by atoms with Crippen molar-refractivity contribution < 1.29 is 18.7 Å². The maximum absolute atomic E-state index is 13.4. The molecule has 0 spiro atoms. The van der Waals surface area contributed by atoms with Crippen molar-refractivity contribution >= 4 is 11.8 Å². The van der Waals surface area contributed by atoms with Crippen LogP contribution in [0, 0.1) is 5.82 Å². The molecule has 0 atom stereocenters. The summed E-state index contributed by atoms with van der Waals surface area (Å²) < 4.78 is 18.2. The lowest BCUT2D eigenvalue weighted by atomic mass is 10.1. The molecule has 0 fully saturated rings. The average molecular weight is 226 g/mol. The van der Waals surface area contributed by atoms with E-state index in [1.54, 1.807) is 0 Å². The molecule has 0 aliphatic carbocycles. The van der Waals surface area contributed by atoms with E-state index < -0.39 is 17.6 Å². The lowest BCUT2D eigenvalue weighted by molar-refractivity contribution is -0.117. The maximum atomic E-state index is 13.4. The predicted molar refractivity (Wildman–Crippen MR) is 54.5 cm³/mol. The number of methoxy groups -OCH3 is 1. The molecule has 6 heteroatoms. The Morgan fingerprint density at radius 1 is 1.50 bits per heavy atom. The molecule has 5 nitrogen and oxygen atoms in total. The van der Waals surface area contributed by atoms with Gasteiger partial charge in [0, 0.05) is 0 Å². The van der Waals surface area contributed by atoms with Gasteiger partial charge in [-0.1, -0.05) is 6.07 Å². The van der Waals surface area contributed by atoms with Crippen molar-refractivity contribution in [2.75, 3.05) is 13.7 Å². The third-order valence-electron chi connectivity index (χ3n) is 1.85. The summed E-state index contributed by atoms with van der Waals surface area (Å²) in [5.74, 6) is -2.07. The zero-order chi connectivity index (χ0) is 12.1. The lowest BCUT2D eigenvalue weighted by Crippen LogP contribution is -2.33. The topological polar surface area (TPSA) is 81.4 Å². The number of ether oxygens (including phenoxy) is 1. The van der Waals surface area contributed by atoms with E-state index >= 15 is 0 Å². The van der Waals surface area contributed by atoms with Crippen molar-refractivity contribution in [2.24, 2.45) is 5.73 Å². The van der Waals surface area contributed by atoms with Gasteiger partial charge in [0.05, 0.1) is 13.7 Å². The van der Waals surface area contributed by atoms with Gasteiger partial charge in [-0.05, 0) is 12.1 Å². The van der Waals surface area contributed by atoms with Crippen LogP contribution in [0.25, 0.3) is 0 Å². The molecule has 2 amide bonds.